The van der Waals surface area contributed by atoms with Gasteiger partial charge in [0.2, 0.25) is 0 Å². The molecular formula is C24H37ClN4O3. The lowest BCUT2D eigenvalue weighted by molar-refractivity contribution is 0.325. The normalized spacial score (nSPS) is 12.9. The molecular weight excluding hydrogens is 428 g/mol. The number of nitrogens with one attached hydrogen (secondary N) is 2. The third kappa shape index (κ3) is 7.60. The maximum Gasteiger partial charge on any atom is 0.160 e. The molecule has 0 aromatic heterocycles. The van der Waals surface area contributed by atoms with Crippen LogP contribution in [-0.2, 0) is 6.42 Å². The van der Waals surface area contributed by atoms with Gasteiger partial charge in [0, 0.05) is 17.1 Å². The SMILES string of the molecule is CC.CC/C(=C/N)C(NC(N)Cc1ccc(OC)c(OC)c1)c1cc(Cl)ccc1NCO. The molecule has 0 bridgehead atoms. The minimum absolute atomic E-state index is 0.202. The molecule has 0 saturated carbocycles. The number of nitrogens with two attached hydrogens (primary N) is 2. The Labute approximate surface area is 196 Å². The van der Waals surface area contributed by atoms with Crippen molar-refractivity contribution in [1.29, 1.82) is 0 Å². The number of benzene rings is 2. The highest BCUT2D eigenvalue weighted by Gasteiger charge is 2.22. The first-order chi connectivity index (χ1) is 15.5. The zero-order valence-electron chi connectivity index (χ0n) is 19.6. The monoisotopic (exact) mass is 464 g/mol. The molecule has 0 radical (unpaired) electrons. The molecule has 7 nitrogen and oxygen atoms in total. The Morgan fingerprint density at radius 1 is 1.12 bits per heavy atom. The van der Waals surface area contributed by atoms with Gasteiger partial charge in [-0.1, -0.05) is 38.4 Å². The fraction of sp³-hybridized carbons (Fsp3) is 0.417. The van der Waals surface area contributed by atoms with E-state index in [1.165, 1.54) is 0 Å². The maximum absolute atomic E-state index is 9.37. The van der Waals surface area contributed by atoms with Crippen molar-refractivity contribution in [1.82, 2.24) is 5.32 Å². The van der Waals surface area contributed by atoms with Crippen molar-refractivity contribution >= 4 is 17.3 Å². The molecule has 2 aromatic carbocycles. The van der Waals surface area contributed by atoms with Crippen LogP contribution in [0.15, 0.2) is 48.2 Å². The average Bonchev–Trinajstić information content (AvgIpc) is 2.81. The van der Waals surface area contributed by atoms with Gasteiger partial charge in [-0.05, 0) is 59.7 Å². The third-order valence-corrected chi connectivity index (χ3v) is 5.11. The summed E-state index contributed by atoms with van der Waals surface area (Å²) in [6, 6.07) is 10.9. The van der Waals surface area contributed by atoms with Crippen molar-refractivity contribution in [2.75, 3.05) is 26.3 Å². The zero-order chi connectivity index (χ0) is 24.1. The van der Waals surface area contributed by atoms with E-state index in [-0.39, 0.29) is 18.9 Å². The number of aliphatic hydroxyl groups excluding tert-OH is 1. The molecule has 2 aromatic rings. The van der Waals surface area contributed by atoms with E-state index in [0.29, 0.717) is 22.9 Å². The highest BCUT2D eigenvalue weighted by atomic mass is 35.5. The second-order valence-electron chi connectivity index (χ2n) is 6.76. The van der Waals surface area contributed by atoms with Gasteiger partial charge >= 0.3 is 0 Å². The van der Waals surface area contributed by atoms with Gasteiger partial charge in [-0.25, -0.2) is 0 Å². The second kappa shape index (κ2) is 14.6. The number of hydrogen-bond acceptors (Lipinski definition) is 7. The Hall–Kier alpha value is -2.45. The van der Waals surface area contributed by atoms with Crippen LogP contribution in [0, 0.1) is 0 Å². The highest BCUT2D eigenvalue weighted by Crippen LogP contribution is 2.33. The first-order valence-corrected chi connectivity index (χ1v) is 11.1. The van der Waals surface area contributed by atoms with Crippen LogP contribution >= 0.6 is 11.6 Å². The number of methoxy groups -OCH3 is 2. The number of aliphatic hydroxyl groups is 1. The Morgan fingerprint density at radius 2 is 1.81 bits per heavy atom. The van der Waals surface area contributed by atoms with E-state index in [2.05, 4.69) is 10.6 Å². The molecule has 0 amide bonds. The van der Waals surface area contributed by atoms with Crippen molar-refractivity contribution in [2.24, 2.45) is 11.5 Å². The van der Waals surface area contributed by atoms with Crippen LogP contribution in [-0.4, -0.2) is 32.2 Å². The fourth-order valence-corrected chi connectivity index (χ4v) is 3.55. The van der Waals surface area contributed by atoms with Crippen LogP contribution in [0.4, 0.5) is 5.69 Å². The standard InChI is InChI=1S/C22H31ClN4O3.C2H6/c1-4-15(12-24)22(17-11-16(23)6-7-18(17)26-13-28)27-21(25)10-14-5-8-19(29-2)20(9-14)30-3;1-2/h5-9,11-12,21-22,26-28H,4,10,13,24-25H2,1-3H3;1-2H3/b15-12-;. The van der Waals surface area contributed by atoms with Gasteiger partial charge in [0.25, 0.3) is 0 Å². The largest absolute Gasteiger partial charge is 0.493 e. The predicted molar refractivity (Wildman–Crippen MR) is 133 cm³/mol. The van der Waals surface area contributed by atoms with Crippen LogP contribution in [0.5, 0.6) is 11.5 Å². The first-order valence-electron chi connectivity index (χ1n) is 10.7. The Bertz CT molecular complexity index is 861. The molecule has 0 aliphatic carbocycles. The minimum atomic E-state index is -0.379. The molecule has 2 rings (SSSR count). The molecule has 8 heteroatoms. The van der Waals surface area contributed by atoms with E-state index in [0.717, 1.165) is 28.8 Å². The fourth-order valence-electron chi connectivity index (χ4n) is 3.37. The predicted octanol–water partition coefficient (Wildman–Crippen LogP) is 4.16. The van der Waals surface area contributed by atoms with E-state index in [4.69, 9.17) is 32.5 Å². The third-order valence-electron chi connectivity index (χ3n) is 4.87. The van der Waals surface area contributed by atoms with Crippen LogP contribution in [0.3, 0.4) is 0 Å². The Kier molecular flexibility index (Phi) is 12.6. The van der Waals surface area contributed by atoms with Crippen molar-refractivity contribution in [3.8, 4) is 11.5 Å². The quantitative estimate of drug-likeness (QED) is 0.317. The molecule has 0 aliphatic heterocycles. The summed E-state index contributed by atoms with van der Waals surface area (Å²) in [4.78, 5) is 0. The van der Waals surface area contributed by atoms with E-state index >= 15 is 0 Å². The van der Waals surface area contributed by atoms with Gasteiger partial charge in [-0.2, -0.15) is 0 Å². The van der Waals surface area contributed by atoms with Crippen molar-refractivity contribution in [3.63, 3.8) is 0 Å². The van der Waals surface area contributed by atoms with Crippen LogP contribution in [0.1, 0.15) is 44.4 Å². The van der Waals surface area contributed by atoms with E-state index in [9.17, 15) is 5.11 Å². The van der Waals surface area contributed by atoms with Gasteiger partial charge in [0.1, 0.15) is 6.73 Å². The van der Waals surface area contributed by atoms with E-state index in [1.807, 2.05) is 51.1 Å². The van der Waals surface area contributed by atoms with Crippen molar-refractivity contribution < 1.29 is 14.6 Å². The summed E-state index contributed by atoms with van der Waals surface area (Å²) < 4.78 is 10.7. The van der Waals surface area contributed by atoms with E-state index < -0.39 is 0 Å². The molecule has 0 heterocycles. The summed E-state index contributed by atoms with van der Waals surface area (Å²) in [5.41, 5.74) is 15.9. The van der Waals surface area contributed by atoms with Crippen LogP contribution < -0.4 is 31.6 Å². The number of rotatable bonds is 11. The molecule has 0 aliphatic rings. The Balaban J connectivity index is 0.00000249. The number of halogens is 1. The topological polar surface area (TPSA) is 115 Å². The number of ether oxygens (including phenoxy) is 2. The lowest BCUT2D eigenvalue weighted by atomic mass is 9.95. The lowest BCUT2D eigenvalue weighted by Crippen LogP contribution is -2.42. The Morgan fingerprint density at radius 3 is 2.38 bits per heavy atom. The van der Waals surface area contributed by atoms with Crippen molar-refractivity contribution in [3.05, 3.63) is 64.3 Å². The van der Waals surface area contributed by atoms with Gasteiger partial charge in [-0.15, -0.1) is 0 Å². The summed E-state index contributed by atoms with van der Waals surface area (Å²) in [6.07, 6.45) is 2.49. The smallest absolute Gasteiger partial charge is 0.160 e. The summed E-state index contributed by atoms with van der Waals surface area (Å²) in [5.74, 6) is 1.32. The first kappa shape index (κ1) is 27.6. The molecule has 0 fully saturated rings. The number of anilines is 1. The molecule has 32 heavy (non-hydrogen) atoms. The zero-order valence-corrected chi connectivity index (χ0v) is 20.4. The maximum atomic E-state index is 9.37. The van der Waals surface area contributed by atoms with Gasteiger partial charge in [0.05, 0.1) is 26.4 Å². The summed E-state index contributed by atoms with van der Waals surface area (Å²) in [6.45, 7) is 5.82. The molecule has 178 valence electrons. The summed E-state index contributed by atoms with van der Waals surface area (Å²) in [5, 5.41) is 16.4. The van der Waals surface area contributed by atoms with Crippen LogP contribution in [0.2, 0.25) is 5.02 Å². The van der Waals surface area contributed by atoms with Gasteiger partial charge in [0.15, 0.2) is 11.5 Å². The molecule has 7 N–H and O–H groups in total. The van der Waals surface area contributed by atoms with Gasteiger partial charge < -0.3 is 31.4 Å². The average molecular weight is 465 g/mol. The summed E-state index contributed by atoms with van der Waals surface area (Å²) in [7, 11) is 3.20. The molecule has 2 atom stereocenters. The van der Waals surface area contributed by atoms with Gasteiger partial charge in [-0.3, -0.25) is 5.32 Å². The molecule has 2 unspecified atom stereocenters. The van der Waals surface area contributed by atoms with Crippen LogP contribution in [0.25, 0.3) is 0 Å². The lowest BCUT2D eigenvalue weighted by Gasteiger charge is -2.28. The number of hydrogen-bond donors (Lipinski definition) is 5. The second-order valence-corrected chi connectivity index (χ2v) is 7.20. The molecule has 0 saturated heterocycles. The molecule has 0 spiro atoms. The van der Waals surface area contributed by atoms with Crippen molar-refractivity contribution in [2.45, 2.75) is 45.8 Å². The summed E-state index contributed by atoms with van der Waals surface area (Å²) >= 11 is 6.25. The minimum Gasteiger partial charge on any atom is -0.493 e. The van der Waals surface area contributed by atoms with E-state index in [1.54, 1.807) is 26.5 Å². The highest BCUT2D eigenvalue weighted by molar-refractivity contribution is 6.30.